The van der Waals surface area contributed by atoms with E-state index in [-0.39, 0.29) is 25.0 Å². The highest BCUT2D eigenvalue weighted by atomic mass is 35.5. The molecule has 4 rings (SSSR count). The van der Waals surface area contributed by atoms with Crippen molar-refractivity contribution in [3.05, 3.63) is 59.1 Å². The molecule has 0 bridgehead atoms. The molecule has 30 heavy (non-hydrogen) atoms. The maximum atomic E-state index is 12.2. The molecule has 3 N–H and O–H groups in total. The minimum atomic E-state index is -0.374. The summed E-state index contributed by atoms with van der Waals surface area (Å²) in [5, 5.41) is 20.5. The van der Waals surface area contributed by atoms with Crippen molar-refractivity contribution >= 4 is 29.2 Å². The molecular formula is C20H20ClN7O2. The average Bonchev–Trinajstić information content (AvgIpc) is 3.47. The minimum absolute atomic E-state index is 0.266. The van der Waals surface area contributed by atoms with Gasteiger partial charge in [0.15, 0.2) is 5.82 Å². The zero-order valence-electron chi connectivity index (χ0n) is 16.0. The van der Waals surface area contributed by atoms with Gasteiger partial charge < -0.3 is 16.0 Å². The Morgan fingerprint density at radius 3 is 2.67 bits per heavy atom. The Balaban J connectivity index is 1.27. The van der Waals surface area contributed by atoms with Gasteiger partial charge >= 0.3 is 6.03 Å². The molecule has 1 heterocycles. The van der Waals surface area contributed by atoms with Crippen molar-refractivity contribution in [3.8, 4) is 11.4 Å². The smallest absolute Gasteiger partial charge is 0.319 e. The van der Waals surface area contributed by atoms with Gasteiger partial charge in [-0.3, -0.25) is 4.79 Å². The first-order chi connectivity index (χ1) is 14.6. The van der Waals surface area contributed by atoms with E-state index in [0.29, 0.717) is 28.1 Å². The van der Waals surface area contributed by atoms with E-state index in [1.54, 1.807) is 30.3 Å². The van der Waals surface area contributed by atoms with E-state index >= 15 is 0 Å². The third-order valence-corrected chi connectivity index (χ3v) is 4.91. The van der Waals surface area contributed by atoms with E-state index in [9.17, 15) is 9.59 Å². The topological polar surface area (TPSA) is 114 Å². The lowest BCUT2D eigenvalue weighted by molar-refractivity contribution is 0.0954. The van der Waals surface area contributed by atoms with E-state index in [2.05, 4.69) is 31.5 Å². The Morgan fingerprint density at radius 1 is 1.07 bits per heavy atom. The summed E-state index contributed by atoms with van der Waals surface area (Å²) in [4.78, 5) is 24.3. The second kappa shape index (κ2) is 8.91. The predicted octanol–water partition coefficient (Wildman–Crippen LogP) is 2.88. The number of carbonyl (C=O) groups is 2. The SMILES string of the molecule is O=C(NCCNC(=O)c1ccccc1Cl)Nc1cccc(-c2nnnn2C2CC2)c1. The Labute approximate surface area is 177 Å². The van der Waals surface area contributed by atoms with Crippen molar-refractivity contribution in [1.29, 1.82) is 0 Å². The average molecular weight is 426 g/mol. The fourth-order valence-corrected chi connectivity index (χ4v) is 3.17. The van der Waals surface area contributed by atoms with Gasteiger partial charge in [0.2, 0.25) is 0 Å². The van der Waals surface area contributed by atoms with E-state index in [1.165, 1.54) is 0 Å². The van der Waals surface area contributed by atoms with Gasteiger partial charge in [0.1, 0.15) is 0 Å². The van der Waals surface area contributed by atoms with Gasteiger partial charge in [0.05, 0.1) is 16.6 Å². The molecule has 3 amide bonds. The Kier molecular flexibility index (Phi) is 5.89. The summed E-state index contributed by atoms with van der Waals surface area (Å²) in [5.41, 5.74) is 1.85. The lowest BCUT2D eigenvalue weighted by Crippen LogP contribution is -2.36. The number of urea groups is 1. The Morgan fingerprint density at radius 2 is 1.87 bits per heavy atom. The van der Waals surface area contributed by atoms with Gasteiger partial charge in [-0.2, -0.15) is 0 Å². The first kappa shape index (κ1) is 19.8. The van der Waals surface area contributed by atoms with Gasteiger partial charge in [0.25, 0.3) is 5.91 Å². The van der Waals surface area contributed by atoms with Gasteiger partial charge in [-0.05, 0) is 47.5 Å². The first-order valence-electron chi connectivity index (χ1n) is 9.57. The third-order valence-electron chi connectivity index (χ3n) is 4.58. The number of nitrogens with one attached hydrogen (secondary N) is 3. The van der Waals surface area contributed by atoms with Crippen LogP contribution in [0.2, 0.25) is 5.02 Å². The van der Waals surface area contributed by atoms with Crippen LogP contribution in [0.3, 0.4) is 0 Å². The molecule has 0 spiro atoms. The summed E-state index contributed by atoms with van der Waals surface area (Å²) in [6, 6.07) is 14.1. The third kappa shape index (κ3) is 4.74. The minimum Gasteiger partial charge on any atom is -0.350 e. The number of halogens is 1. The van der Waals surface area contributed by atoms with Crippen LogP contribution in [-0.2, 0) is 0 Å². The van der Waals surface area contributed by atoms with E-state index in [4.69, 9.17) is 11.6 Å². The number of tetrazole rings is 1. The summed E-state index contributed by atoms with van der Waals surface area (Å²) < 4.78 is 1.82. The molecule has 2 aromatic carbocycles. The molecule has 0 atom stereocenters. The van der Waals surface area contributed by atoms with Crippen LogP contribution >= 0.6 is 11.6 Å². The van der Waals surface area contributed by atoms with Gasteiger partial charge in [-0.25, -0.2) is 9.48 Å². The molecule has 9 nitrogen and oxygen atoms in total. The van der Waals surface area contributed by atoms with Crippen LogP contribution in [-0.4, -0.2) is 45.2 Å². The molecule has 10 heteroatoms. The molecule has 3 aromatic rings. The van der Waals surface area contributed by atoms with Gasteiger partial charge in [0, 0.05) is 24.3 Å². The van der Waals surface area contributed by atoms with Gasteiger partial charge in [-0.1, -0.05) is 35.9 Å². The van der Waals surface area contributed by atoms with Crippen LogP contribution < -0.4 is 16.0 Å². The highest BCUT2D eigenvalue weighted by molar-refractivity contribution is 6.33. The van der Waals surface area contributed by atoms with Crippen molar-refractivity contribution in [2.75, 3.05) is 18.4 Å². The number of nitrogens with zero attached hydrogens (tertiary/aromatic N) is 4. The Bertz CT molecular complexity index is 1060. The Hall–Kier alpha value is -3.46. The number of hydrogen-bond donors (Lipinski definition) is 3. The second-order valence-electron chi connectivity index (χ2n) is 6.88. The number of hydrogen-bond acceptors (Lipinski definition) is 5. The molecule has 154 valence electrons. The summed E-state index contributed by atoms with van der Waals surface area (Å²) >= 11 is 6.00. The summed E-state index contributed by atoms with van der Waals surface area (Å²) in [6.07, 6.45) is 2.15. The molecule has 1 aromatic heterocycles. The van der Waals surface area contributed by atoms with Crippen LogP contribution in [0.5, 0.6) is 0 Å². The van der Waals surface area contributed by atoms with Crippen molar-refractivity contribution < 1.29 is 9.59 Å². The number of benzene rings is 2. The lowest BCUT2D eigenvalue weighted by atomic mass is 10.2. The van der Waals surface area contributed by atoms with E-state index < -0.39 is 0 Å². The van der Waals surface area contributed by atoms with Gasteiger partial charge in [-0.15, -0.1) is 5.10 Å². The van der Waals surface area contributed by atoms with Crippen LogP contribution in [0.4, 0.5) is 10.5 Å². The molecule has 0 aliphatic heterocycles. The number of amides is 3. The lowest BCUT2D eigenvalue weighted by Gasteiger charge is -2.10. The maximum Gasteiger partial charge on any atom is 0.319 e. The number of anilines is 1. The molecular weight excluding hydrogens is 406 g/mol. The predicted molar refractivity (Wildman–Crippen MR) is 112 cm³/mol. The van der Waals surface area contributed by atoms with Crippen LogP contribution in [0, 0.1) is 0 Å². The number of carbonyl (C=O) groups excluding carboxylic acids is 2. The fourth-order valence-electron chi connectivity index (χ4n) is 2.95. The summed E-state index contributed by atoms with van der Waals surface area (Å²) in [7, 11) is 0. The fraction of sp³-hybridized carbons (Fsp3) is 0.250. The van der Waals surface area contributed by atoms with E-state index in [1.807, 2.05) is 22.9 Å². The van der Waals surface area contributed by atoms with Crippen LogP contribution in [0.15, 0.2) is 48.5 Å². The molecule has 0 saturated heterocycles. The van der Waals surface area contributed by atoms with Crippen LogP contribution in [0.25, 0.3) is 11.4 Å². The highest BCUT2D eigenvalue weighted by Crippen LogP contribution is 2.36. The molecule has 0 unspecified atom stereocenters. The zero-order chi connectivity index (χ0) is 20.9. The van der Waals surface area contributed by atoms with E-state index in [0.717, 1.165) is 18.4 Å². The summed E-state index contributed by atoms with van der Waals surface area (Å²) in [5.74, 6) is 0.396. The highest BCUT2D eigenvalue weighted by Gasteiger charge is 2.28. The molecule has 1 aliphatic carbocycles. The van der Waals surface area contributed by atoms with Crippen LogP contribution in [0.1, 0.15) is 29.2 Å². The van der Waals surface area contributed by atoms with Crippen molar-refractivity contribution in [1.82, 2.24) is 30.8 Å². The standard InChI is InChI=1S/C20H20ClN7O2/c21-17-7-2-1-6-16(17)19(29)22-10-11-23-20(30)24-14-5-3-4-13(12-14)18-25-26-27-28(18)15-8-9-15/h1-7,12,15H,8-11H2,(H,22,29)(H2,23,24,30). The number of rotatable bonds is 7. The number of aromatic nitrogens is 4. The quantitative estimate of drug-likeness (QED) is 0.503. The summed E-state index contributed by atoms with van der Waals surface area (Å²) in [6.45, 7) is 0.537. The van der Waals surface area contributed by atoms with Crippen molar-refractivity contribution in [2.45, 2.75) is 18.9 Å². The maximum absolute atomic E-state index is 12.2. The molecule has 1 saturated carbocycles. The first-order valence-corrected chi connectivity index (χ1v) is 9.95. The van der Waals surface area contributed by atoms with Crippen molar-refractivity contribution in [2.24, 2.45) is 0 Å². The molecule has 0 radical (unpaired) electrons. The second-order valence-corrected chi connectivity index (χ2v) is 7.28. The monoisotopic (exact) mass is 425 g/mol. The zero-order valence-corrected chi connectivity index (χ0v) is 16.8. The normalized spacial score (nSPS) is 13.0. The van der Waals surface area contributed by atoms with Crippen molar-refractivity contribution in [3.63, 3.8) is 0 Å². The largest absolute Gasteiger partial charge is 0.350 e. The molecule has 1 fully saturated rings. The molecule has 1 aliphatic rings.